The molecule has 1 aromatic rings. The average molecular weight is 422 g/mol. The summed E-state index contributed by atoms with van der Waals surface area (Å²) in [5, 5.41) is 10.2. The summed E-state index contributed by atoms with van der Waals surface area (Å²) in [5.74, 6) is 0.975. The molecule has 0 spiro atoms. The number of ether oxygens (including phenoxy) is 3. The zero-order valence-electron chi connectivity index (χ0n) is 13.2. The van der Waals surface area contributed by atoms with Gasteiger partial charge in [-0.3, -0.25) is 4.79 Å². The van der Waals surface area contributed by atoms with E-state index in [1.807, 2.05) is 13.0 Å². The number of aliphatic hydroxyl groups excluding tert-OH is 1. The molecule has 0 radical (unpaired) electrons. The van der Waals surface area contributed by atoms with Crippen molar-refractivity contribution in [3.05, 3.63) is 21.3 Å². The minimum Gasteiger partial charge on any atom is -0.493 e. The largest absolute Gasteiger partial charge is 0.493 e. The Labute approximate surface area is 145 Å². The van der Waals surface area contributed by atoms with Crippen LogP contribution in [0, 0.1) is 3.57 Å². The summed E-state index contributed by atoms with van der Waals surface area (Å²) in [7, 11) is 1.57. The van der Waals surface area contributed by atoms with Gasteiger partial charge in [-0.05, 0) is 60.1 Å². The molecule has 0 fully saturated rings. The van der Waals surface area contributed by atoms with Gasteiger partial charge in [-0.2, -0.15) is 0 Å². The van der Waals surface area contributed by atoms with E-state index in [9.17, 15) is 9.90 Å². The number of esters is 1. The van der Waals surface area contributed by atoms with Crippen molar-refractivity contribution in [2.24, 2.45) is 0 Å². The summed E-state index contributed by atoms with van der Waals surface area (Å²) in [5.41, 5.74) is 0.703. The van der Waals surface area contributed by atoms with Crippen LogP contribution in [0.4, 0.5) is 0 Å². The molecule has 6 heteroatoms. The van der Waals surface area contributed by atoms with Gasteiger partial charge in [0.15, 0.2) is 11.5 Å². The van der Waals surface area contributed by atoms with Gasteiger partial charge in [0.1, 0.15) is 0 Å². The van der Waals surface area contributed by atoms with Crippen LogP contribution in [-0.4, -0.2) is 31.4 Å². The molecule has 0 bridgehead atoms. The van der Waals surface area contributed by atoms with Crippen molar-refractivity contribution in [3.63, 3.8) is 0 Å². The molecule has 0 heterocycles. The van der Waals surface area contributed by atoms with Gasteiger partial charge in [0.05, 0.1) is 30.0 Å². The summed E-state index contributed by atoms with van der Waals surface area (Å²) in [6, 6.07) is 3.60. The van der Waals surface area contributed by atoms with Crippen LogP contribution in [0.3, 0.4) is 0 Å². The van der Waals surface area contributed by atoms with Gasteiger partial charge < -0.3 is 19.3 Å². The average Bonchev–Trinajstić information content (AvgIpc) is 2.51. The van der Waals surface area contributed by atoms with Crippen LogP contribution in [0.5, 0.6) is 11.5 Å². The van der Waals surface area contributed by atoms with Gasteiger partial charge in [0.2, 0.25) is 0 Å². The highest BCUT2D eigenvalue weighted by atomic mass is 127. The van der Waals surface area contributed by atoms with Gasteiger partial charge in [0.25, 0.3) is 0 Å². The number of benzene rings is 1. The Bertz CT molecular complexity index is 490. The van der Waals surface area contributed by atoms with E-state index in [4.69, 9.17) is 14.2 Å². The van der Waals surface area contributed by atoms with Gasteiger partial charge >= 0.3 is 5.97 Å². The van der Waals surface area contributed by atoms with E-state index in [1.165, 1.54) is 0 Å². The van der Waals surface area contributed by atoms with Gasteiger partial charge in [0, 0.05) is 6.42 Å². The lowest BCUT2D eigenvalue weighted by atomic mass is 10.0. The van der Waals surface area contributed by atoms with E-state index >= 15 is 0 Å². The maximum atomic E-state index is 11.4. The molecule has 0 saturated heterocycles. The van der Waals surface area contributed by atoms with Crippen molar-refractivity contribution in [2.45, 2.75) is 39.2 Å². The Hall–Kier alpha value is -1.02. The van der Waals surface area contributed by atoms with E-state index < -0.39 is 6.10 Å². The zero-order chi connectivity index (χ0) is 16.5. The Kier molecular flexibility index (Phi) is 8.55. The van der Waals surface area contributed by atoms with Crippen molar-refractivity contribution < 1.29 is 24.1 Å². The van der Waals surface area contributed by atoms with Crippen LogP contribution in [0.1, 0.15) is 44.8 Å². The van der Waals surface area contributed by atoms with Crippen molar-refractivity contribution >= 4 is 28.6 Å². The minimum atomic E-state index is -0.743. The van der Waals surface area contributed by atoms with E-state index in [2.05, 4.69) is 22.6 Å². The first-order chi connectivity index (χ1) is 10.5. The maximum absolute atomic E-state index is 11.4. The molecule has 0 saturated carbocycles. The molecule has 0 unspecified atom stereocenters. The number of halogens is 1. The zero-order valence-corrected chi connectivity index (χ0v) is 15.4. The maximum Gasteiger partial charge on any atom is 0.305 e. The lowest BCUT2D eigenvalue weighted by molar-refractivity contribution is -0.143. The molecule has 1 rings (SSSR count). The summed E-state index contributed by atoms with van der Waals surface area (Å²) in [4.78, 5) is 11.4. The predicted molar refractivity (Wildman–Crippen MR) is 92.3 cm³/mol. The lowest BCUT2D eigenvalue weighted by Gasteiger charge is -2.16. The monoisotopic (exact) mass is 422 g/mol. The Morgan fingerprint density at radius 3 is 2.68 bits per heavy atom. The van der Waals surface area contributed by atoms with E-state index in [0.717, 1.165) is 9.99 Å². The highest BCUT2D eigenvalue weighted by Gasteiger charge is 2.17. The summed E-state index contributed by atoms with van der Waals surface area (Å²) < 4.78 is 16.8. The first kappa shape index (κ1) is 19.0. The molecule has 1 N–H and O–H groups in total. The molecule has 1 atom stereocenters. The van der Waals surface area contributed by atoms with Crippen LogP contribution in [0.25, 0.3) is 0 Å². The van der Waals surface area contributed by atoms with Crippen LogP contribution in [-0.2, 0) is 9.53 Å². The molecular formula is C16H23IO5. The molecule has 0 aromatic heterocycles. The number of aliphatic hydroxyl groups is 1. The first-order valence-corrected chi connectivity index (χ1v) is 8.45. The summed E-state index contributed by atoms with van der Waals surface area (Å²) in [6.07, 6.45) is 0.658. The van der Waals surface area contributed by atoms with Crippen LogP contribution >= 0.6 is 22.6 Å². The lowest BCUT2D eigenvalue weighted by Crippen LogP contribution is -2.08. The number of carbonyl (C=O) groups is 1. The molecule has 22 heavy (non-hydrogen) atoms. The Morgan fingerprint density at radius 2 is 2.09 bits per heavy atom. The molecule has 0 aliphatic heterocycles. The molecule has 0 amide bonds. The number of rotatable bonds is 9. The van der Waals surface area contributed by atoms with Crippen molar-refractivity contribution in [3.8, 4) is 11.5 Å². The number of carbonyl (C=O) groups excluding carboxylic acids is 1. The van der Waals surface area contributed by atoms with Crippen molar-refractivity contribution in [1.82, 2.24) is 0 Å². The number of methoxy groups -OCH3 is 1. The Balaban J connectivity index is 2.82. The van der Waals surface area contributed by atoms with Crippen LogP contribution < -0.4 is 9.47 Å². The molecule has 0 aliphatic rings. The number of hydrogen-bond acceptors (Lipinski definition) is 5. The number of hydrogen-bond donors (Lipinski definition) is 1. The fourth-order valence-electron chi connectivity index (χ4n) is 1.93. The van der Waals surface area contributed by atoms with Crippen LogP contribution in [0.2, 0.25) is 0 Å². The van der Waals surface area contributed by atoms with Gasteiger partial charge in [-0.1, -0.05) is 6.92 Å². The Morgan fingerprint density at radius 1 is 1.36 bits per heavy atom. The molecule has 124 valence electrons. The fraction of sp³-hybridized carbons (Fsp3) is 0.562. The second-order valence-corrected chi connectivity index (χ2v) is 5.90. The standard InChI is InChI=1S/C16H23IO5/c1-4-8-22-16-12(17)9-11(10-14(16)20-3)13(18)6-7-15(19)21-5-2/h9-10,13,18H,4-8H2,1-3H3/t13-/m0/s1. The normalized spacial score (nSPS) is 11.9. The third-order valence-corrected chi connectivity index (χ3v) is 3.82. The summed E-state index contributed by atoms with van der Waals surface area (Å²) in [6.45, 7) is 4.75. The topological polar surface area (TPSA) is 65.0 Å². The van der Waals surface area contributed by atoms with Crippen molar-refractivity contribution in [1.29, 1.82) is 0 Å². The van der Waals surface area contributed by atoms with E-state index in [0.29, 0.717) is 36.7 Å². The summed E-state index contributed by atoms with van der Waals surface area (Å²) >= 11 is 2.16. The quantitative estimate of drug-likeness (QED) is 0.488. The second-order valence-electron chi connectivity index (χ2n) is 4.74. The molecular weight excluding hydrogens is 399 g/mol. The minimum absolute atomic E-state index is 0.183. The molecule has 1 aromatic carbocycles. The van der Waals surface area contributed by atoms with Gasteiger partial charge in [-0.15, -0.1) is 0 Å². The first-order valence-electron chi connectivity index (χ1n) is 7.37. The third-order valence-electron chi connectivity index (χ3n) is 3.01. The molecule has 5 nitrogen and oxygen atoms in total. The second kappa shape index (κ2) is 9.89. The smallest absolute Gasteiger partial charge is 0.305 e. The van der Waals surface area contributed by atoms with E-state index in [1.54, 1.807) is 20.1 Å². The predicted octanol–water partition coefficient (Wildman–Crippen LogP) is 3.47. The third kappa shape index (κ3) is 5.64. The SMILES string of the molecule is CCCOc1c(I)cc([C@@H](O)CCC(=O)OCC)cc1OC. The highest BCUT2D eigenvalue weighted by Crippen LogP contribution is 2.36. The van der Waals surface area contributed by atoms with Gasteiger partial charge in [-0.25, -0.2) is 0 Å². The molecule has 0 aliphatic carbocycles. The fourth-order valence-corrected chi connectivity index (χ4v) is 2.71. The van der Waals surface area contributed by atoms with E-state index in [-0.39, 0.29) is 12.4 Å². The van der Waals surface area contributed by atoms with Crippen LogP contribution in [0.15, 0.2) is 12.1 Å². The highest BCUT2D eigenvalue weighted by molar-refractivity contribution is 14.1. The van der Waals surface area contributed by atoms with Crippen molar-refractivity contribution in [2.75, 3.05) is 20.3 Å².